The van der Waals surface area contributed by atoms with Gasteiger partial charge in [-0.25, -0.2) is 0 Å². The number of ether oxygens (including phenoxy) is 2. The van der Waals surface area contributed by atoms with Crippen molar-refractivity contribution in [1.29, 1.82) is 0 Å². The Labute approximate surface area is 310 Å². The molecule has 1 aromatic rings. The van der Waals surface area contributed by atoms with Crippen molar-refractivity contribution in [1.82, 2.24) is 9.80 Å². The van der Waals surface area contributed by atoms with E-state index in [2.05, 4.69) is 49.1 Å². The summed E-state index contributed by atoms with van der Waals surface area (Å²) in [5, 5.41) is 0.118. The second-order valence-corrected chi connectivity index (χ2v) is 14.6. The van der Waals surface area contributed by atoms with E-state index in [1.807, 2.05) is 37.2 Å². The van der Waals surface area contributed by atoms with Gasteiger partial charge in [-0.15, -0.1) is 0 Å². The zero-order valence-corrected chi connectivity index (χ0v) is 33.0. The fourth-order valence-corrected chi connectivity index (χ4v) is 6.43. The van der Waals surface area contributed by atoms with Crippen molar-refractivity contribution >= 4 is 28.9 Å². The normalized spacial score (nSPS) is 11.5. The Morgan fingerprint density at radius 2 is 1.22 bits per heavy atom. The molecule has 0 spiro atoms. The predicted molar refractivity (Wildman–Crippen MR) is 212 cm³/mol. The highest BCUT2D eigenvalue weighted by Crippen LogP contribution is 2.18. The smallest absolute Gasteiger partial charge is 0.306 e. The maximum Gasteiger partial charge on any atom is 0.306 e. The third kappa shape index (κ3) is 27.2. The van der Waals surface area contributed by atoms with Crippen LogP contribution in [0.2, 0.25) is 0 Å². The van der Waals surface area contributed by atoms with Crippen LogP contribution in [0.15, 0.2) is 48.6 Å². The molecule has 0 fully saturated rings. The van der Waals surface area contributed by atoms with Crippen LogP contribution in [0.25, 0.3) is 0 Å². The molecule has 1 rings (SSSR count). The van der Waals surface area contributed by atoms with Crippen molar-refractivity contribution in [3.05, 3.63) is 59.7 Å². The Morgan fingerprint density at radius 3 is 1.84 bits per heavy atom. The lowest BCUT2D eigenvalue weighted by Gasteiger charge is -2.23. The number of hydrogen-bond acceptors (Lipinski definition) is 7. The van der Waals surface area contributed by atoms with Gasteiger partial charge in [0.1, 0.15) is 13.2 Å². The molecule has 0 saturated carbocycles. The van der Waals surface area contributed by atoms with Crippen LogP contribution < -0.4 is 0 Å². The van der Waals surface area contributed by atoms with Crippen LogP contribution in [-0.2, 0) is 32.0 Å². The molecule has 0 saturated heterocycles. The molecule has 0 aliphatic heterocycles. The number of carbonyl (C=O) groups is 3. The topological polar surface area (TPSA) is 76.1 Å². The van der Waals surface area contributed by atoms with Crippen LogP contribution in [0.1, 0.15) is 141 Å². The summed E-state index contributed by atoms with van der Waals surface area (Å²) in [6.45, 7) is 7.29. The number of rotatable bonds is 31. The Morgan fingerprint density at radius 1 is 0.660 bits per heavy atom. The Hall–Kier alpha value is -2.58. The Bertz CT molecular complexity index is 1070. The highest BCUT2D eigenvalue weighted by Gasteiger charge is 2.15. The van der Waals surface area contributed by atoms with E-state index in [9.17, 15) is 14.4 Å². The first-order valence-corrected chi connectivity index (χ1v) is 20.6. The van der Waals surface area contributed by atoms with Gasteiger partial charge in [0.2, 0.25) is 0 Å². The summed E-state index contributed by atoms with van der Waals surface area (Å²) in [6, 6.07) is 8.39. The van der Waals surface area contributed by atoms with Gasteiger partial charge >= 0.3 is 11.9 Å². The SMILES string of the molecule is CCCCCC/C=C\COC(=O)CCCCCCCN(Cc1cccc(CCCC(=O)OC/C=C\CCCCCC)c1)C(=O)SCCN(C)C. The molecule has 50 heavy (non-hydrogen) atoms. The van der Waals surface area contributed by atoms with Gasteiger partial charge in [-0.05, 0) is 76.6 Å². The maximum absolute atomic E-state index is 13.2. The minimum Gasteiger partial charge on any atom is -0.461 e. The maximum atomic E-state index is 13.2. The molecule has 0 unspecified atom stereocenters. The molecule has 7 nitrogen and oxygen atoms in total. The van der Waals surface area contributed by atoms with Gasteiger partial charge in [-0.2, -0.15) is 0 Å². The average molecular weight is 715 g/mol. The molecule has 0 radical (unpaired) electrons. The number of nitrogens with zero attached hydrogens (tertiary/aromatic N) is 2. The molecular weight excluding hydrogens is 645 g/mol. The second-order valence-electron chi connectivity index (χ2n) is 13.5. The number of hydrogen-bond donors (Lipinski definition) is 0. The second kappa shape index (κ2) is 32.3. The first kappa shape index (κ1) is 45.4. The van der Waals surface area contributed by atoms with E-state index in [0.717, 1.165) is 75.6 Å². The number of unbranched alkanes of at least 4 members (excludes halogenated alkanes) is 12. The fourth-order valence-electron chi connectivity index (χ4n) is 5.46. The van der Waals surface area contributed by atoms with E-state index in [4.69, 9.17) is 9.47 Å². The van der Waals surface area contributed by atoms with Crippen LogP contribution in [0.3, 0.4) is 0 Å². The van der Waals surface area contributed by atoms with E-state index >= 15 is 0 Å². The van der Waals surface area contributed by atoms with Crippen LogP contribution in [-0.4, -0.2) is 73.1 Å². The minimum atomic E-state index is -0.153. The van der Waals surface area contributed by atoms with Gasteiger partial charge in [0.25, 0.3) is 5.24 Å². The van der Waals surface area contributed by atoms with E-state index in [1.165, 1.54) is 68.7 Å². The Kier molecular flexibility index (Phi) is 29.4. The van der Waals surface area contributed by atoms with Crippen molar-refractivity contribution in [3.8, 4) is 0 Å². The lowest BCUT2D eigenvalue weighted by molar-refractivity contribution is -0.143. The molecule has 0 atom stereocenters. The van der Waals surface area contributed by atoms with Crippen LogP contribution in [0, 0.1) is 0 Å². The largest absolute Gasteiger partial charge is 0.461 e. The summed E-state index contributed by atoms with van der Waals surface area (Å²) in [7, 11) is 4.05. The molecule has 8 heteroatoms. The van der Waals surface area contributed by atoms with E-state index in [0.29, 0.717) is 39.1 Å². The standard InChI is InChI=1S/C42H70N2O5S/c1-5-7-9-11-13-18-22-33-48-40(45)29-20-16-15-17-21-31-44(42(47)50-35-32-43(3)4)37-39-28-24-26-38(36-39)27-25-30-41(46)49-34-23-19-14-12-10-8-6-2/h18-19,22-24,26,28,36H,5-17,20-21,25,27,29-35,37H2,1-4H3/b22-18-,23-19-. The zero-order valence-electron chi connectivity index (χ0n) is 32.1. The molecule has 0 aromatic heterocycles. The molecule has 0 aliphatic rings. The number of benzene rings is 1. The molecular formula is C42H70N2O5S. The number of carbonyl (C=O) groups excluding carboxylic acids is 3. The third-order valence-corrected chi connectivity index (χ3v) is 9.40. The molecule has 1 aromatic carbocycles. The lowest BCUT2D eigenvalue weighted by Crippen LogP contribution is -2.29. The molecule has 284 valence electrons. The van der Waals surface area contributed by atoms with E-state index in [1.54, 1.807) is 0 Å². The summed E-state index contributed by atoms with van der Waals surface area (Å²) in [5.74, 6) is 0.489. The monoisotopic (exact) mass is 715 g/mol. The number of allylic oxidation sites excluding steroid dienone is 2. The summed E-state index contributed by atoms with van der Waals surface area (Å²) in [5.41, 5.74) is 2.28. The fraction of sp³-hybridized carbons (Fsp3) is 0.690. The minimum absolute atomic E-state index is 0.118. The summed E-state index contributed by atoms with van der Waals surface area (Å²) in [6.07, 6.45) is 27.4. The number of esters is 2. The van der Waals surface area contributed by atoms with Crippen molar-refractivity contribution in [2.75, 3.05) is 46.2 Å². The van der Waals surface area contributed by atoms with Gasteiger partial charge in [0.05, 0.1) is 0 Å². The van der Waals surface area contributed by atoms with Crippen LogP contribution >= 0.6 is 11.8 Å². The number of thioether (sulfide) groups is 1. The quantitative estimate of drug-likeness (QED) is 0.0430. The van der Waals surface area contributed by atoms with E-state index < -0.39 is 0 Å². The predicted octanol–water partition coefficient (Wildman–Crippen LogP) is 10.7. The van der Waals surface area contributed by atoms with Gasteiger partial charge < -0.3 is 19.3 Å². The first-order valence-electron chi connectivity index (χ1n) is 19.6. The molecule has 1 amide bonds. The molecule has 0 heterocycles. The van der Waals surface area contributed by atoms with Gasteiger partial charge in [-0.3, -0.25) is 14.4 Å². The highest BCUT2D eigenvalue weighted by atomic mass is 32.2. The van der Waals surface area contributed by atoms with Crippen LogP contribution in [0.4, 0.5) is 4.79 Å². The van der Waals surface area contributed by atoms with E-state index in [-0.39, 0.29) is 17.2 Å². The number of aryl methyl sites for hydroxylation is 1. The van der Waals surface area contributed by atoms with Crippen LogP contribution in [0.5, 0.6) is 0 Å². The summed E-state index contributed by atoms with van der Waals surface area (Å²) < 4.78 is 10.7. The number of amides is 1. The van der Waals surface area contributed by atoms with Crippen molar-refractivity contribution in [3.63, 3.8) is 0 Å². The Balaban J connectivity index is 2.42. The molecule has 0 N–H and O–H groups in total. The third-order valence-electron chi connectivity index (χ3n) is 8.51. The summed E-state index contributed by atoms with van der Waals surface area (Å²) in [4.78, 5) is 41.5. The van der Waals surface area contributed by atoms with Gasteiger partial charge in [0.15, 0.2) is 0 Å². The zero-order chi connectivity index (χ0) is 36.5. The molecule has 0 bridgehead atoms. The van der Waals surface area contributed by atoms with Gasteiger partial charge in [0, 0.05) is 38.2 Å². The van der Waals surface area contributed by atoms with Gasteiger partial charge in [-0.1, -0.05) is 132 Å². The average Bonchev–Trinajstić information content (AvgIpc) is 3.09. The first-order chi connectivity index (χ1) is 24.3. The summed E-state index contributed by atoms with van der Waals surface area (Å²) >= 11 is 1.39. The van der Waals surface area contributed by atoms with Crippen molar-refractivity contribution in [2.45, 2.75) is 142 Å². The highest BCUT2D eigenvalue weighted by molar-refractivity contribution is 8.13. The van der Waals surface area contributed by atoms with Crippen molar-refractivity contribution in [2.24, 2.45) is 0 Å². The van der Waals surface area contributed by atoms with Crippen molar-refractivity contribution < 1.29 is 23.9 Å². The lowest BCUT2D eigenvalue weighted by atomic mass is 10.0. The molecule has 0 aliphatic carbocycles.